The van der Waals surface area contributed by atoms with Gasteiger partial charge in [-0.15, -0.1) is 11.8 Å². The lowest BCUT2D eigenvalue weighted by Crippen LogP contribution is -1.85. The van der Waals surface area contributed by atoms with E-state index in [1.807, 2.05) is 36.4 Å². The van der Waals surface area contributed by atoms with Crippen molar-refractivity contribution in [1.82, 2.24) is 4.98 Å². The summed E-state index contributed by atoms with van der Waals surface area (Å²) >= 11 is 7.69. The molecule has 2 aromatic rings. The third-order valence-corrected chi connectivity index (χ3v) is 3.13. The van der Waals surface area contributed by atoms with Gasteiger partial charge in [0, 0.05) is 21.7 Å². The quantitative estimate of drug-likeness (QED) is 0.727. The van der Waals surface area contributed by atoms with Gasteiger partial charge < -0.3 is 0 Å². The Morgan fingerprint density at radius 1 is 1.20 bits per heavy atom. The summed E-state index contributed by atoms with van der Waals surface area (Å²) in [7, 11) is 0. The van der Waals surface area contributed by atoms with E-state index in [0.29, 0.717) is 0 Å². The molecule has 15 heavy (non-hydrogen) atoms. The third kappa shape index (κ3) is 2.33. The van der Waals surface area contributed by atoms with E-state index < -0.39 is 0 Å². The summed E-state index contributed by atoms with van der Waals surface area (Å²) in [4.78, 5) is 5.52. The van der Waals surface area contributed by atoms with Gasteiger partial charge in [-0.05, 0) is 36.6 Å². The van der Waals surface area contributed by atoms with E-state index in [1.54, 1.807) is 18.0 Å². The molecule has 0 fully saturated rings. The maximum Gasteiger partial charge on any atom is 0.0713 e. The number of rotatable bonds is 2. The molecule has 0 aliphatic carbocycles. The van der Waals surface area contributed by atoms with Crippen LogP contribution in [0.4, 0.5) is 0 Å². The van der Waals surface area contributed by atoms with Crippen LogP contribution in [0.15, 0.2) is 47.5 Å². The molecule has 1 heterocycles. The monoisotopic (exact) mass is 235 g/mol. The fourth-order valence-corrected chi connectivity index (χ4v) is 2.16. The highest BCUT2D eigenvalue weighted by Crippen LogP contribution is 2.31. The van der Waals surface area contributed by atoms with Gasteiger partial charge in [-0.3, -0.25) is 4.98 Å². The second-order valence-corrected chi connectivity index (χ2v) is 4.34. The number of nitrogens with zero attached hydrogens (tertiary/aromatic N) is 1. The molecule has 0 spiro atoms. The highest BCUT2D eigenvalue weighted by molar-refractivity contribution is 7.98. The Hall–Kier alpha value is -0.990. The maximum atomic E-state index is 5.99. The lowest BCUT2D eigenvalue weighted by molar-refractivity contribution is 1.29. The third-order valence-electron chi connectivity index (χ3n) is 2.10. The molecule has 0 saturated carbocycles. The molecule has 76 valence electrons. The lowest BCUT2D eigenvalue weighted by atomic mass is 10.1. The average molecular weight is 236 g/mol. The van der Waals surface area contributed by atoms with Crippen LogP contribution in [-0.4, -0.2) is 11.2 Å². The van der Waals surface area contributed by atoms with Gasteiger partial charge in [-0.1, -0.05) is 17.7 Å². The second-order valence-electron chi connectivity index (χ2n) is 3.06. The van der Waals surface area contributed by atoms with Crippen molar-refractivity contribution in [2.45, 2.75) is 4.90 Å². The number of pyridine rings is 1. The number of benzene rings is 1. The minimum absolute atomic E-state index is 0.744. The van der Waals surface area contributed by atoms with Gasteiger partial charge in [0.1, 0.15) is 0 Å². The number of hydrogen-bond donors (Lipinski definition) is 0. The van der Waals surface area contributed by atoms with E-state index in [1.165, 1.54) is 4.90 Å². The van der Waals surface area contributed by atoms with E-state index in [-0.39, 0.29) is 0 Å². The Kier molecular flexibility index (Phi) is 3.29. The first kappa shape index (κ1) is 10.5. The Balaban J connectivity index is 2.56. The van der Waals surface area contributed by atoms with Crippen LogP contribution < -0.4 is 0 Å². The minimum atomic E-state index is 0.744. The molecule has 0 saturated heterocycles. The van der Waals surface area contributed by atoms with Crippen molar-refractivity contribution in [3.8, 4) is 11.3 Å². The van der Waals surface area contributed by atoms with E-state index in [2.05, 4.69) is 11.2 Å². The maximum absolute atomic E-state index is 5.99. The van der Waals surface area contributed by atoms with Crippen molar-refractivity contribution in [2.24, 2.45) is 0 Å². The van der Waals surface area contributed by atoms with Gasteiger partial charge in [0.15, 0.2) is 0 Å². The predicted molar refractivity (Wildman–Crippen MR) is 66.5 cm³/mol. The van der Waals surface area contributed by atoms with Crippen molar-refractivity contribution in [3.63, 3.8) is 0 Å². The summed E-state index contributed by atoms with van der Waals surface area (Å²) in [6.07, 6.45) is 3.84. The molecule has 0 unspecified atom stereocenters. The fourth-order valence-electron chi connectivity index (χ4n) is 1.40. The molecule has 0 atom stereocenters. The first-order chi connectivity index (χ1) is 7.31. The molecule has 3 heteroatoms. The number of halogens is 1. The first-order valence-electron chi connectivity index (χ1n) is 4.56. The van der Waals surface area contributed by atoms with Gasteiger partial charge in [0.2, 0.25) is 0 Å². The Labute approximate surface area is 98.5 Å². The van der Waals surface area contributed by atoms with Gasteiger partial charge in [0.25, 0.3) is 0 Å². The van der Waals surface area contributed by atoms with Crippen LogP contribution in [0.2, 0.25) is 5.02 Å². The standard InChI is InChI=1S/C12H10ClNS/c1-15-12-6-5-9(13)8-10(12)11-4-2-3-7-14-11/h2-8H,1H3. The number of hydrogen-bond acceptors (Lipinski definition) is 2. The van der Waals surface area contributed by atoms with Gasteiger partial charge in [0.05, 0.1) is 5.69 Å². The topological polar surface area (TPSA) is 12.9 Å². The SMILES string of the molecule is CSc1ccc(Cl)cc1-c1ccccn1. The van der Waals surface area contributed by atoms with Crippen LogP contribution in [0.1, 0.15) is 0 Å². The molecule has 0 radical (unpaired) electrons. The van der Waals surface area contributed by atoms with E-state index in [4.69, 9.17) is 11.6 Å². The molecule has 0 amide bonds. The largest absolute Gasteiger partial charge is 0.256 e. The molecular weight excluding hydrogens is 226 g/mol. The van der Waals surface area contributed by atoms with Crippen LogP contribution in [0.25, 0.3) is 11.3 Å². The zero-order valence-electron chi connectivity index (χ0n) is 8.27. The van der Waals surface area contributed by atoms with Crippen LogP contribution in [0.3, 0.4) is 0 Å². The molecular formula is C12H10ClNS. The summed E-state index contributed by atoms with van der Waals surface area (Å²) < 4.78 is 0. The van der Waals surface area contributed by atoms with Crippen molar-refractivity contribution in [3.05, 3.63) is 47.6 Å². The van der Waals surface area contributed by atoms with Gasteiger partial charge in [-0.25, -0.2) is 0 Å². The average Bonchev–Trinajstić information content (AvgIpc) is 2.30. The fraction of sp³-hybridized carbons (Fsp3) is 0.0833. The molecule has 1 aromatic heterocycles. The zero-order chi connectivity index (χ0) is 10.7. The summed E-state index contributed by atoms with van der Waals surface area (Å²) in [5, 5.41) is 0.744. The Morgan fingerprint density at radius 2 is 2.07 bits per heavy atom. The van der Waals surface area contributed by atoms with Gasteiger partial charge in [-0.2, -0.15) is 0 Å². The summed E-state index contributed by atoms with van der Waals surface area (Å²) in [5.74, 6) is 0. The summed E-state index contributed by atoms with van der Waals surface area (Å²) in [6.45, 7) is 0. The zero-order valence-corrected chi connectivity index (χ0v) is 9.85. The van der Waals surface area contributed by atoms with Crippen molar-refractivity contribution < 1.29 is 0 Å². The van der Waals surface area contributed by atoms with Crippen LogP contribution in [-0.2, 0) is 0 Å². The van der Waals surface area contributed by atoms with Crippen LogP contribution >= 0.6 is 23.4 Å². The van der Waals surface area contributed by atoms with Gasteiger partial charge >= 0.3 is 0 Å². The highest BCUT2D eigenvalue weighted by atomic mass is 35.5. The van der Waals surface area contributed by atoms with Crippen molar-refractivity contribution in [1.29, 1.82) is 0 Å². The molecule has 1 aromatic carbocycles. The highest BCUT2D eigenvalue weighted by Gasteiger charge is 2.05. The normalized spacial score (nSPS) is 10.3. The van der Waals surface area contributed by atoms with Crippen LogP contribution in [0, 0.1) is 0 Å². The first-order valence-corrected chi connectivity index (χ1v) is 6.16. The molecule has 0 aliphatic heterocycles. The van der Waals surface area contributed by atoms with Crippen molar-refractivity contribution >= 4 is 23.4 Å². The molecule has 0 N–H and O–H groups in total. The summed E-state index contributed by atoms with van der Waals surface area (Å²) in [5.41, 5.74) is 2.06. The predicted octanol–water partition coefficient (Wildman–Crippen LogP) is 4.12. The van der Waals surface area contributed by atoms with Crippen LogP contribution in [0.5, 0.6) is 0 Å². The number of aromatic nitrogens is 1. The minimum Gasteiger partial charge on any atom is -0.256 e. The molecule has 0 bridgehead atoms. The Morgan fingerprint density at radius 3 is 2.73 bits per heavy atom. The molecule has 2 rings (SSSR count). The smallest absolute Gasteiger partial charge is 0.0713 e. The molecule has 0 aliphatic rings. The Bertz CT molecular complexity index is 456. The second kappa shape index (κ2) is 4.69. The summed E-state index contributed by atoms with van der Waals surface area (Å²) in [6, 6.07) is 11.8. The van der Waals surface area contributed by atoms with E-state index in [0.717, 1.165) is 16.3 Å². The molecule has 1 nitrogen and oxygen atoms in total. The van der Waals surface area contributed by atoms with Crippen molar-refractivity contribution in [2.75, 3.05) is 6.26 Å². The lowest BCUT2D eigenvalue weighted by Gasteiger charge is -2.06. The van der Waals surface area contributed by atoms with E-state index in [9.17, 15) is 0 Å². The number of thioether (sulfide) groups is 1. The van der Waals surface area contributed by atoms with E-state index >= 15 is 0 Å².